The first kappa shape index (κ1) is 10.8. The van der Waals surface area contributed by atoms with Gasteiger partial charge in [0, 0.05) is 12.7 Å². The van der Waals surface area contributed by atoms with Crippen LogP contribution in [-0.4, -0.2) is 7.05 Å². The summed E-state index contributed by atoms with van der Waals surface area (Å²) in [6.45, 7) is 7.65. The molecule has 1 N–H and O–H groups in total. The maximum Gasteiger partial charge on any atom is 0.0364 e. The van der Waals surface area contributed by atoms with Crippen LogP contribution in [0.5, 0.6) is 0 Å². The van der Waals surface area contributed by atoms with Crippen molar-refractivity contribution in [1.29, 1.82) is 0 Å². The van der Waals surface area contributed by atoms with Gasteiger partial charge in [-0.1, -0.05) is 37.0 Å². The lowest BCUT2D eigenvalue weighted by atomic mass is 10.1. The van der Waals surface area contributed by atoms with Gasteiger partial charge in [-0.15, -0.1) is 0 Å². The SMILES string of the molecule is C=C\C=C/C(=C\C)C(=C/C)/NC. The van der Waals surface area contributed by atoms with Crippen LogP contribution < -0.4 is 5.32 Å². The second-order valence-corrected chi connectivity index (χ2v) is 2.29. The fourth-order valence-corrected chi connectivity index (χ4v) is 0.969. The first-order chi connectivity index (χ1) is 5.79. The predicted octanol–water partition coefficient (Wildman–Crippen LogP) is 2.80. The Morgan fingerprint density at radius 1 is 1.25 bits per heavy atom. The topological polar surface area (TPSA) is 12.0 Å². The third-order valence-corrected chi connectivity index (χ3v) is 1.59. The molecule has 0 spiro atoms. The third kappa shape index (κ3) is 3.24. The summed E-state index contributed by atoms with van der Waals surface area (Å²) in [4.78, 5) is 0. The van der Waals surface area contributed by atoms with E-state index < -0.39 is 0 Å². The Morgan fingerprint density at radius 2 is 1.92 bits per heavy atom. The Hall–Kier alpha value is -1.24. The van der Waals surface area contributed by atoms with Gasteiger partial charge in [0.1, 0.15) is 0 Å². The normalized spacial score (nSPS) is 13.6. The molecule has 0 unspecified atom stereocenters. The smallest absolute Gasteiger partial charge is 0.0364 e. The van der Waals surface area contributed by atoms with E-state index in [4.69, 9.17) is 0 Å². The van der Waals surface area contributed by atoms with Crippen molar-refractivity contribution in [2.75, 3.05) is 7.05 Å². The fraction of sp³-hybridized carbons (Fsp3) is 0.273. The van der Waals surface area contributed by atoms with Gasteiger partial charge in [-0.3, -0.25) is 0 Å². The van der Waals surface area contributed by atoms with Gasteiger partial charge in [0.15, 0.2) is 0 Å². The molecule has 0 fully saturated rings. The summed E-state index contributed by atoms with van der Waals surface area (Å²) in [5.41, 5.74) is 2.32. The van der Waals surface area contributed by atoms with Gasteiger partial charge < -0.3 is 5.32 Å². The maximum absolute atomic E-state index is 3.62. The lowest BCUT2D eigenvalue weighted by Crippen LogP contribution is -2.06. The second-order valence-electron chi connectivity index (χ2n) is 2.29. The van der Waals surface area contributed by atoms with Crippen molar-refractivity contribution in [1.82, 2.24) is 5.32 Å². The zero-order chi connectivity index (χ0) is 9.40. The largest absolute Gasteiger partial charge is 0.388 e. The fourth-order valence-electron chi connectivity index (χ4n) is 0.969. The first-order valence-electron chi connectivity index (χ1n) is 4.10. The molecule has 0 aromatic rings. The Labute approximate surface area is 75.2 Å². The van der Waals surface area contributed by atoms with Crippen LogP contribution in [0.1, 0.15) is 13.8 Å². The molecule has 0 bridgehead atoms. The summed E-state index contributed by atoms with van der Waals surface area (Å²) in [6, 6.07) is 0. The number of hydrogen-bond donors (Lipinski definition) is 1. The minimum atomic E-state index is 1.13. The van der Waals surface area contributed by atoms with Crippen LogP contribution in [0.25, 0.3) is 0 Å². The minimum Gasteiger partial charge on any atom is -0.388 e. The predicted molar refractivity (Wildman–Crippen MR) is 55.9 cm³/mol. The molecule has 0 amide bonds. The van der Waals surface area contributed by atoms with E-state index in [0.29, 0.717) is 0 Å². The van der Waals surface area contributed by atoms with Crippen molar-refractivity contribution in [3.8, 4) is 0 Å². The van der Waals surface area contributed by atoms with Crippen LogP contribution in [-0.2, 0) is 0 Å². The highest BCUT2D eigenvalue weighted by Crippen LogP contribution is 2.07. The number of hydrogen-bond acceptors (Lipinski definition) is 1. The molecule has 1 heteroatoms. The Kier molecular flexibility index (Phi) is 5.80. The highest BCUT2D eigenvalue weighted by Gasteiger charge is 1.94. The van der Waals surface area contributed by atoms with Crippen molar-refractivity contribution < 1.29 is 0 Å². The van der Waals surface area contributed by atoms with Crippen molar-refractivity contribution >= 4 is 0 Å². The highest BCUT2D eigenvalue weighted by molar-refractivity contribution is 5.38. The van der Waals surface area contributed by atoms with Crippen molar-refractivity contribution in [2.45, 2.75) is 13.8 Å². The van der Waals surface area contributed by atoms with Gasteiger partial charge in [0.05, 0.1) is 0 Å². The summed E-state index contributed by atoms with van der Waals surface area (Å²) in [7, 11) is 1.92. The van der Waals surface area contributed by atoms with Gasteiger partial charge in [0.2, 0.25) is 0 Å². The van der Waals surface area contributed by atoms with Crippen molar-refractivity contribution in [2.24, 2.45) is 0 Å². The first-order valence-corrected chi connectivity index (χ1v) is 4.10. The zero-order valence-electron chi connectivity index (χ0n) is 8.09. The van der Waals surface area contributed by atoms with Crippen LogP contribution in [0.15, 0.2) is 48.2 Å². The molecule has 0 aliphatic rings. The van der Waals surface area contributed by atoms with E-state index >= 15 is 0 Å². The lowest BCUT2D eigenvalue weighted by Gasteiger charge is -2.05. The van der Waals surface area contributed by atoms with E-state index in [9.17, 15) is 0 Å². The molecule has 0 radical (unpaired) electrons. The molecule has 0 atom stereocenters. The summed E-state index contributed by atoms with van der Waals surface area (Å²) < 4.78 is 0. The quantitative estimate of drug-likeness (QED) is 0.628. The van der Waals surface area contributed by atoms with E-state index in [1.165, 1.54) is 5.57 Å². The Bertz CT molecular complexity index is 219. The lowest BCUT2D eigenvalue weighted by molar-refractivity contribution is 1.01. The average molecular weight is 163 g/mol. The van der Waals surface area contributed by atoms with E-state index in [-0.39, 0.29) is 0 Å². The van der Waals surface area contributed by atoms with Crippen LogP contribution >= 0.6 is 0 Å². The van der Waals surface area contributed by atoms with E-state index in [0.717, 1.165) is 5.70 Å². The highest BCUT2D eigenvalue weighted by atomic mass is 14.8. The minimum absolute atomic E-state index is 1.13. The second kappa shape index (κ2) is 6.47. The number of likely N-dealkylation sites (N-methyl/N-ethyl adjacent to an activating group) is 1. The molecule has 66 valence electrons. The van der Waals surface area contributed by atoms with E-state index in [1.54, 1.807) is 6.08 Å². The summed E-state index contributed by atoms with van der Waals surface area (Å²) in [5, 5.41) is 3.12. The summed E-state index contributed by atoms with van der Waals surface area (Å²) in [6.07, 6.45) is 9.83. The van der Waals surface area contributed by atoms with Gasteiger partial charge >= 0.3 is 0 Å². The summed E-state index contributed by atoms with van der Waals surface area (Å²) >= 11 is 0. The standard InChI is InChI=1S/C11H17N/c1-5-8-9-10(6-2)11(7-3)12-4/h5-9,12H,1H2,2-4H3/b9-8-,10-6+,11-7-. The molecule has 0 heterocycles. The molecular weight excluding hydrogens is 146 g/mol. The van der Waals surface area contributed by atoms with Crippen molar-refractivity contribution in [3.63, 3.8) is 0 Å². The molecule has 0 aliphatic heterocycles. The monoisotopic (exact) mass is 163 g/mol. The Balaban J connectivity index is 4.56. The molecule has 0 aromatic heterocycles. The van der Waals surface area contributed by atoms with Crippen LogP contribution in [0, 0.1) is 0 Å². The van der Waals surface area contributed by atoms with Crippen LogP contribution in [0.3, 0.4) is 0 Å². The molecular formula is C11H17N. The van der Waals surface area contributed by atoms with Gasteiger partial charge in [0.25, 0.3) is 0 Å². The zero-order valence-corrected chi connectivity index (χ0v) is 8.09. The van der Waals surface area contributed by atoms with Gasteiger partial charge in [-0.2, -0.15) is 0 Å². The van der Waals surface area contributed by atoms with E-state index in [1.807, 2.05) is 39.1 Å². The number of rotatable bonds is 4. The molecule has 0 rings (SSSR count). The number of nitrogens with one attached hydrogen (secondary N) is 1. The molecule has 0 saturated heterocycles. The molecule has 0 saturated carbocycles. The van der Waals surface area contributed by atoms with Gasteiger partial charge in [-0.25, -0.2) is 0 Å². The van der Waals surface area contributed by atoms with Crippen LogP contribution in [0.4, 0.5) is 0 Å². The van der Waals surface area contributed by atoms with Gasteiger partial charge in [-0.05, 0) is 19.4 Å². The van der Waals surface area contributed by atoms with Crippen LogP contribution in [0.2, 0.25) is 0 Å². The number of allylic oxidation sites excluding steroid dienone is 5. The maximum atomic E-state index is 3.62. The molecule has 12 heavy (non-hydrogen) atoms. The van der Waals surface area contributed by atoms with E-state index in [2.05, 4.69) is 18.0 Å². The molecule has 0 aromatic carbocycles. The average Bonchev–Trinajstić information content (AvgIpc) is 2.12. The molecule has 1 nitrogen and oxygen atoms in total. The third-order valence-electron chi connectivity index (χ3n) is 1.59. The molecule has 0 aliphatic carbocycles. The Morgan fingerprint density at radius 3 is 2.25 bits per heavy atom. The van der Waals surface area contributed by atoms with Crippen molar-refractivity contribution in [3.05, 3.63) is 48.2 Å². The summed E-state index contributed by atoms with van der Waals surface area (Å²) in [5.74, 6) is 0.